The fourth-order valence-electron chi connectivity index (χ4n) is 3.45. The number of thiophene rings is 1. The number of aromatic amines is 2. The van der Waals surface area contributed by atoms with Gasteiger partial charge in [0.05, 0.1) is 21.6 Å². The predicted molar refractivity (Wildman–Crippen MR) is 116 cm³/mol. The fraction of sp³-hybridized carbons (Fsp3) is 0.0476. The zero-order chi connectivity index (χ0) is 20.1. The first kappa shape index (κ1) is 16.9. The molecule has 0 unspecified atom stereocenters. The van der Waals surface area contributed by atoms with Crippen molar-refractivity contribution in [3.05, 3.63) is 60.1 Å². The van der Waals surface area contributed by atoms with Crippen molar-refractivity contribution < 1.29 is 0 Å². The molecule has 2 N–H and O–H groups in total. The summed E-state index contributed by atoms with van der Waals surface area (Å²) in [4.78, 5) is 28.1. The molecular formula is C21H14N8S. The number of imidazole rings is 1. The molecule has 0 aliphatic carbocycles. The molecule has 144 valence electrons. The van der Waals surface area contributed by atoms with Crippen LogP contribution in [-0.4, -0.2) is 40.1 Å². The van der Waals surface area contributed by atoms with Gasteiger partial charge in [-0.3, -0.25) is 10.1 Å². The van der Waals surface area contributed by atoms with Crippen LogP contribution >= 0.6 is 11.3 Å². The molecule has 0 fully saturated rings. The molecule has 6 aromatic heterocycles. The number of aryl methyl sites for hydroxylation is 1. The standard InChI is InChI=1S/C21H14N8S/c1-11-2-5-16(30-11)19-17-14(6-7-24-19)26-21(27-17)20-18-15(28-29-20)4-3-13(25-18)12-8-22-10-23-9-12/h2-10H,1H3,(H,26,27)(H,28,29). The van der Waals surface area contributed by atoms with Gasteiger partial charge >= 0.3 is 0 Å². The molecule has 0 radical (unpaired) electrons. The Morgan fingerprint density at radius 1 is 0.867 bits per heavy atom. The van der Waals surface area contributed by atoms with Crippen molar-refractivity contribution in [3.63, 3.8) is 0 Å². The molecule has 0 aliphatic rings. The first-order valence-electron chi connectivity index (χ1n) is 9.29. The lowest BCUT2D eigenvalue weighted by Crippen LogP contribution is -1.88. The first-order chi connectivity index (χ1) is 14.8. The summed E-state index contributed by atoms with van der Waals surface area (Å²) in [5, 5.41) is 7.51. The molecule has 0 bridgehead atoms. The minimum atomic E-state index is 0.646. The van der Waals surface area contributed by atoms with Crippen LogP contribution in [0, 0.1) is 6.92 Å². The van der Waals surface area contributed by atoms with Crippen molar-refractivity contribution in [2.45, 2.75) is 6.92 Å². The Morgan fingerprint density at radius 3 is 2.57 bits per heavy atom. The van der Waals surface area contributed by atoms with Crippen molar-refractivity contribution in [1.82, 2.24) is 40.1 Å². The van der Waals surface area contributed by atoms with Gasteiger partial charge in [-0.25, -0.2) is 19.9 Å². The summed E-state index contributed by atoms with van der Waals surface area (Å²) in [6.45, 7) is 2.08. The highest BCUT2D eigenvalue weighted by Gasteiger charge is 2.17. The summed E-state index contributed by atoms with van der Waals surface area (Å²) >= 11 is 1.70. The minimum absolute atomic E-state index is 0.646. The molecule has 6 aromatic rings. The van der Waals surface area contributed by atoms with Crippen molar-refractivity contribution in [2.75, 3.05) is 0 Å². The molecule has 0 saturated heterocycles. The van der Waals surface area contributed by atoms with Crippen LogP contribution in [-0.2, 0) is 0 Å². The third kappa shape index (κ3) is 2.67. The van der Waals surface area contributed by atoms with Gasteiger partial charge in [-0.15, -0.1) is 11.3 Å². The summed E-state index contributed by atoms with van der Waals surface area (Å²) in [5.41, 5.74) is 6.43. The van der Waals surface area contributed by atoms with E-state index in [1.54, 1.807) is 29.9 Å². The number of pyridine rings is 2. The molecule has 0 aliphatic heterocycles. The lowest BCUT2D eigenvalue weighted by molar-refractivity contribution is 1.10. The monoisotopic (exact) mass is 410 g/mol. The first-order valence-corrected chi connectivity index (χ1v) is 10.1. The van der Waals surface area contributed by atoms with E-state index in [0.29, 0.717) is 11.5 Å². The molecule has 0 atom stereocenters. The zero-order valence-corrected chi connectivity index (χ0v) is 16.6. The van der Waals surface area contributed by atoms with E-state index < -0.39 is 0 Å². The molecule has 0 spiro atoms. The summed E-state index contributed by atoms with van der Waals surface area (Å²) in [7, 11) is 0. The summed E-state index contributed by atoms with van der Waals surface area (Å²) in [6.07, 6.45) is 6.77. The van der Waals surface area contributed by atoms with E-state index in [4.69, 9.17) is 9.97 Å². The van der Waals surface area contributed by atoms with E-state index in [0.717, 1.165) is 43.9 Å². The van der Waals surface area contributed by atoms with Gasteiger partial charge in [-0.1, -0.05) is 0 Å². The normalized spacial score (nSPS) is 11.5. The summed E-state index contributed by atoms with van der Waals surface area (Å²) < 4.78 is 0. The largest absolute Gasteiger partial charge is 0.336 e. The summed E-state index contributed by atoms with van der Waals surface area (Å²) in [5.74, 6) is 0.646. The molecule has 6 heterocycles. The maximum Gasteiger partial charge on any atom is 0.161 e. The number of nitrogens with one attached hydrogen (secondary N) is 2. The molecule has 9 heteroatoms. The van der Waals surface area contributed by atoms with Crippen molar-refractivity contribution in [1.29, 1.82) is 0 Å². The number of rotatable bonds is 3. The number of hydrogen-bond acceptors (Lipinski definition) is 7. The number of aromatic nitrogens is 8. The van der Waals surface area contributed by atoms with Gasteiger partial charge in [0.2, 0.25) is 0 Å². The van der Waals surface area contributed by atoms with Crippen molar-refractivity contribution in [2.24, 2.45) is 0 Å². The number of nitrogens with zero attached hydrogens (tertiary/aromatic N) is 6. The number of H-pyrrole nitrogens is 2. The van der Waals surface area contributed by atoms with E-state index in [1.165, 1.54) is 11.2 Å². The van der Waals surface area contributed by atoms with Crippen LogP contribution in [0.5, 0.6) is 0 Å². The SMILES string of the molecule is Cc1ccc(-c2nccc3[nH]c(-c4n[nH]c5ccc(-c6cncnc6)nc45)nc23)s1. The van der Waals surface area contributed by atoms with Crippen LogP contribution in [0.3, 0.4) is 0 Å². The Bertz CT molecular complexity index is 1510. The molecule has 30 heavy (non-hydrogen) atoms. The third-order valence-corrected chi connectivity index (χ3v) is 5.87. The zero-order valence-electron chi connectivity index (χ0n) is 15.8. The van der Waals surface area contributed by atoms with Crippen LogP contribution in [0.15, 0.2) is 55.2 Å². The van der Waals surface area contributed by atoms with E-state index in [2.05, 4.69) is 49.2 Å². The summed E-state index contributed by atoms with van der Waals surface area (Å²) in [6, 6.07) is 9.96. The second-order valence-electron chi connectivity index (χ2n) is 6.84. The smallest absolute Gasteiger partial charge is 0.161 e. The van der Waals surface area contributed by atoms with E-state index in [-0.39, 0.29) is 0 Å². The highest BCUT2D eigenvalue weighted by molar-refractivity contribution is 7.15. The van der Waals surface area contributed by atoms with Gasteiger partial charge in [0.1, 0.15) is 23.1 Å². The van der Waals surface area contributed by atoms with Crippen molar-refractivity contribution >= 4 is 33.4 Å². The lowest BCUT2D eigenvalue weighted by atomic mass is 10.2. The Labute approximate surface area is 174 Å². The van der Waals surface area contributed by atoms with Crippen LogP contribution in [0.4, 0.5) is 0 Å². The van der Waals surface area contributed by atoms with Gasteiger partial charge < -0.3 is 4.98 Å². The number of fused-ring (bicyclic) bond motifs is 2. The van der Waals surface area contributed by atoms with Crippen LogP contribution in [0.25, 0.3) is 55.4 Å². The maximum absolute atomic E-state index is 4.83. The molecule has 0 amide bonds. The van der Waals surface area contributed by atoms with Crippen LogP contribution < -0.4 is 0 Å². The second kappa shape index (κ2) is 6.53. The Balaban J connectivity index is 1.52. The molecule has 6 rings (SSSR count). The van der Waals surface area contributed by atoms with E-state index in [9.17, 15) is 0 Å². The van der Waals surface area contributed by atoms with Gasteiger partial charge in [0.25, 0.3) is 0 Å². The predicted octanol–water partition coefficient (Wildman–Crippen LogP) is 4.39. The van der Waals surface area contributed by atoms with Gasteiger partial charge in [0, 0.05) is 29.0 Å². The quantitative estimate of drug-likeness (QED) is 0.448. The molecule has 0 saturated carbocycles. The molecular weight excluding hydrogens is 396 g/mol. The van der Waals surface area contributed by atoms with Crippen molar-refractivity contribution in [3.8, 4) is 33.3 Å². The fourth-order valence-corrected chi connectivity index (χ4v) is 4.31. The highest BCUT2D eigenvalue weighted by Crippen LogP contribution is 2.33. The molecule has 8 nitrogen and oxygen atoms in total. The maximum atomic E-state index is 4.83. The van der Waals surface area contributed by atoms with Crippen LogP contribution in [0.2, 0.25) is 0 Å². The topological polar surface area (TPSA) is 109 Å². The highest BCUT2D eigenvalue weighted by atomic mass is 32.1. The minimum Gasteiger partial charge on any atom is -0.336 e. The molecule has 0 aromatic carbocycles. The van der Waals surface area contributed by atoms with Gasteiger partial charge in [0.15, 0.2) is 11.5 Å². The second-order valence-corrected chi connectivity index (χ2v) is 8.13. The third-order valence-electron chi connectivity index (χ3n) is 4.86. The average Bonchev–Trinajstić information content (AvgIpc) is 3.51. The average molecular weight is 410 g/mol. The van der Waals surface area contributed by atoms with Gasteiger partial charge in [-0.2, -0.15) is 5.10 Å². The Kier molecular flexibility index (Phi) is 3.68. The van der Waals surface area contributed by atoms with E-state index >= 15 is 0 Å². The van der Waals surface area contributed by atoms with Gasteiger partial charge in [-0.05, 0) is 37.3 Å². The number of hydrogen-bond donors (Lipinski definition) is 2. The Morgan fingerprint density at radius 2 is 1.73 bits per heavy atom. The van der Waals surface area contributed by atoms with E-state index in [1.807, 2.05) is 18.2 Å². The van der Waals surface area contributed by atoms with Crippen LogP contribution in [0.1, 0.15) is 4.88 Å². The Hall–Kier alpha value is -3.98. The lowest BCUT2D eigenvalue weighted by Gasteiger charge is -2.00.